The number of carboxylic acids is 1. The second kappa shape index (κ2) is 15.6. The zero-order valence-corrected chi connectivity index (χ0v) is 29.0. The predicted octanol–water partition coefficient (Wildman–Crippen LogP) is 7.92. The van der Waals surface area contributed by atoms with Gasteiger partial charge in [0.25, 0.3) is 0 Å². The number of nitrogens with zero attached hydrogens (tertiary/aromatic N) is 1. The van der Waals surface area contributed by atoms with E-state index < -0.39 is 16.0 Å². The number of carbonyl (C=O) groups is 1. The number of sulfonamides is 1. The molecule has 256 valence electrons. The van der Waals surface area contributed by atoms with Gasteiger partial charge >= 0.3 is 5.97 Å². The van der Waals surface area contributed by atoms with E-state index in [-0.39, 0.29) is 30.5 Å². The van der Waals surface area contributed by atoms with Crippen LogP contribution in [-0.2, 0) is 28.6 Å². The fraction of sp³-hybridized carbons (Fsp3) is 0.175. The van der Waals surface area contributed by atoms with Gasteiger partial charge in [-0.3, -0.25) is 0 Å². The van der Waals surface area contributed by atoms with Crippen LogP contribution in [-0.4, -0.2) is 44.3 Å². The Kier molecular flexibility index (Phi) is 10.9. The quantitative estimate of drug-likeness (QED) is 0.112. The molecule has 6 aromatic rings. The zero-order chi connectivity index (χ0) is 35.1. The normalized spacial score (nSPS) is 11.6. The number of methoxy groups -OCH3 is 1. The van der Waals surface area contributed by atoms with Crippen molar-refractivity contribution >= 4 is 38.5 Å². The first kappa shape index (κ1) is 34.8. The van der Waals surface area contributed by atoms with Crippen molar-refractivity contribution in [2.75, 3.05) is 20.3 Å². The Hall–Kier alpha value is -5.09. The second-order valence-corrected chi connectivity index (χ2v) is 14.1. The fourth-order valence-electron chi connectivity index (χ4n) is 6.37. The lowest BCUT2D eigenvalue weighted by atomic mass is 9.97. The summed E-state index contributed by atoms with van der Waals surface area (Å²) in [5, 5.41) is 10.7. The summed E-state index contributed by atoms with van der Waals surface area (Å²) in [6, 6.07) is 39.3. The van der Waals surface area contributed by atoms with Crippen molar-refractivity contribution in [2.45, 2.75) is 24.6 Å². The monoisotopic (exact) mass is 708 g/mol. The summed E-state index contributed by atoms with van der Waals surface area (Å²) in [5.41, 5.74) is 5.74. The van der Waals surface area contributed by atoms with Gasteiger partial charge in [-0.05, 0) is 70.8 Å². The van der Waals surface area contributed by atoms with Crippen LogP contribution in [0.25, 0.3) is 10.9 Å². The standard InChI is InChI=1S/C40H37ClN2O6S/c1-48-33-15-8-10-28(26-33)27-50(46,47)42-24-22-36-34(23-25-49-32-20-18-31(19-21-32)40(44)45)38-35(41)16-9-17-37(38)43(36)39(29-11-4-2-5-12-29)30-13-6-3-7-14-30/h2-21,26,39,42H,22-25,27H2,1H3,(H,44,45). The van der Waals surface area contributed by atoms with Crippen molar-refractivity contribution in [3.8, 4) is 11.5 Å². The van der Waals surface area contributed by atoms with Crippen molar-refractivity contribution in [3.63, 3.8) is 0 Å². The molecular weight excluding hydrogens is 672 g/mol. The Balaban J connectivity index is 1.40. The van der Waals surface area contributed by atoms with Crippen molar-refractivity contribution in [1.82, 2.24) is 9.29 Å². The Bertz CT molecular complexity index is 2150. The minimum Gasteiger partial charge on any atom is -0.497 e. The maximum Gasteiger partial charge on any atom is 0.335 e. The van der Waals surface area contributed by atoms with E-state index in [9.17, 15) is 18.3 Å². The van der Waals surface area contributed by atoms with Gasteiger partial charge < -0.3 is 19.1 Å². The number of aromatic nitrogens is 1. The number of nitrogens with one attached hydrogen (secondary N) is 1. The number of fused-ring (bicyclic) bond motifs is 1. The SMILES string of the molecule is COc1cccc(CS(=O)(=O)NCCc2c(CCOc3ccc(C(=O)O)cc3)c3c(Cl)cccc3n2C(c2ccccc2)c2ccccc2)c1. The summed E-state index contributed by atoms with van der Waals surface area (Å²) >= 11 is 6.98. The van der Waals surface area contributed by atoms with Gasteiger partial charge in [0.05, 0.1) is 41.6 Å². The topological polar surface area (TPSA) is 107 Å². The Morgan fingerprint density at radius 2 is 1.48 bits per heavy atom. The van der Waals surface area contributed by atoms with Crippen LogP contribution in [0.15, 0.2) is 127 Å². The molecule has 0 atom stereocenters. The molecule has 0 saturated carbocycles. The van der Waals surface area contributed by atoms with Crippen molar-refractivity contribution in [1.29, 1.82) is 0 Å². The Labute approximate surface area is 296 Å². The van der Waals surface area contributed by atoms with E-state index in [4.69, 9.17) is 21.1 Å². The van der Waals surface area contributed by atoms with Crippen LogP contribution in [0.1, 0.15) is 44.3 Å². The van der Waals surface area contributed by atoms with Gasteiger partial charge in [0.2, 0.25) is 10.0 Å². The molecule has 10 heteroatoms. The Morgan fingerprint density at radius 1 is 0.820 bits per heavy atom. The maximum absolute atomic E-state index is 13.3. The van der Waals surface area contributed by atoms with E-state index in [0.29, 0.717) is 34.9 Å². The lowest BCUT2D eigenvalue weighted by molar-refractivity contribution is 0.0697. The third-order valence-electron chi connectivity index (χ3n) is 8.58. The van der Waals surface area contributed by atoms with Crippen molar-refractivity contribution in [2.24, 2.45) is 0 Å². The molecule has 1 heterocycles. The van der Waals surface area contributed by atoms with Gasteiger partial charge in [-0.1, -0.05) is 90.5 Å². The highest BCUT2D eigenvalue weighted by Crippen LogP contribution is 2.39. The van der Waals surface area contributed by atoms with Gasteiger partial charge in [0, 0.05) is 30.5 Å². The van der Waals surface area contributed by atoms with E-state index in [1.807, 2.05) is 54.6 Å². The summed E-state index contributed by atoms with van der Waals surface area (Å²) in [4.78, 5) is 11.3. The molecule has 5 aromatic carbocycles. The molecule has 0 saturated heterocycles. The smallest absolute Gasteiger partial charge is 0.335 e. The number of carboxylic acid groups (broad SMARTS) is 1. The van der Waals surface area contributed by atoms with Crippen LogP contribution in [0.2, 0.25) is 5.02 Å². The molecular formula is C40H37ClN2O6S. The average molecular weight is 709 g/mol. The molecule has 2 N–H and O–H groups in total. The van der Waals surface area contributed by atoms with E-state index in [2.05, 4.69) is 33.6 Å². The van der Waals surface area contributed by atoms with Crippen LogP contribution in [0.4, 0.5) is 0 Å². The van der Waals surface area contributed by atoms with E-state index in [0.717, 1.165) is 33.3 Å². The maximum atomic E-state index is 13.3. The Morgan fingerprint density at radius 3 is 2.12 bits per heavy atom. The molecule has 0 aliphatic rings. The van der Waals surface area contributed by atoms with Crippen LogP contribution in [0, 0.1) is 0 Å². The number of aromatic carboxylic acids is 1. The van der Waals surface area contributed by atoms with Crippen molar-refractivity contribution in [3.05, 3.63) is 166 Å². The molecule has 8 nitrogen and oxygen atoms in total. The summed E-state index contributed by atoms with van der Waals surface area (Å²) in [6.45, 7) is 0.438. The number of benzene rings is 5. The van der Waals surface area contributed by atoms with Gasteiger partial charge in [-0.25, -0.2) is 17.9 Å². The molecule has 0 spiro atoms. The van der Waals surface area contributed by atoms with Crippen LogP contribution in [0.3, 0.4) is 0 Å². The highest BCUT2D eigenvalue weighted by atomic mass is 35.5. The number of halogens is 1. The van der Waals surface area contributed by atoms with E-state index in [1.165, 1.54) is 12.1 Å². The summed E-state index contributed by atoms with van der Waals surface area (Å²) in [7, 11) is -2.14. The second-order valence-electron chi connectivity index (χ2n) is 11.8. The molecule has 1 aromatic heterocycles. The van der Waals surface area contributed by atoms with Crippen LogP contribution >= 0.6 is 11.6 Å². The van der Waals surface area contributed by atoms with Crippen LogP contribution < -0.4 is 14.2 Å². The first-order valence-electron chi connectivity index (χ1n) is 16.2. The van der Waals surface area contributed by atoms with E-state index in [1.54, 1.807) is 43.5 Å². The van der Waals surface area contributed by atoms with Gasteiger partial charge in [-0.15, -0.1) is 0 Å². The molecule has 0 fully saturated rings. The zero-order valence-electron chi connectivity index (χ0n) is 27.5. The number of rotatable bonds is 15. The molecule has 0 bridgehead atoms. The molecule has 6 rings (SSSR count). The number of ether oxygens (including phenoxy) is 2. The third-order valence-corrected chi connectivity index (χ3v) is 10.2. The largest absolute Gasteiger partial charge is 0.497 e. The van der Waals surface area contributed by atoms with Gasteiger partial charge in [0.15, 0.2) is 0 Å². The molecule has 0 aliphatic carbocycles. The first-order valence-corrected chi connectivity index (χ1v) is 18.2. The summed E-state index contributed by atoms with van der Waals surface area (Å²) in [5.74, 6) is -0.0502. The predicted molar refractivity (Wildman–Crippen MR) is 197 cm³/mol. The first-order chi connectivity index (χ1) is 24.2. The lowest BCUT2D eigenvalue weighted by Gasteiger charge is -2.25. The van der Waals surface area contributed by atoms with Crippen LogP contribution in [0.5, 0.6) is 11.5 Å². The highest BCUT2D eigenvalue weighted by molar-refractivity contribution is 7.88. The molecule has 0 unspecified atom stereocenters. The lowest BCUT2D eigenvalue weighted by Crippen LogP contribution is -2.28. The van der Waals surface area contributed by atoms with Gasteiger partial charge in [-0.2, -0.15) is 0 Å². The average Bonchev–Trinajstić information content (AvgIpc) is 3.42. The number of hydrogen-bond acceptors (Lipinski definition) is 5. The van der Waals surface area contributed by atoms with Gasteiger partial charge in [0.1, 0.15) is 11.5 Å². The molecule has 0 radical (unpaired) electrons. The molecule has 50 heavy (non-hydrogen) atoms. The van der Waals surface area contributed by atoms with Crippen molar-refractivity contribution < 1.29 is 27.8 Å². The fourth-order valence-corrected chi connectivity index (χ4v) is 7.78. The minimum atomic E-state index is -3.69. The summed E-state index contributed by atoms with van der Waals surface area (Å²) in [6.07, 6.45) is 0.845. The minimum absolute atomic E-state index is 0.154. The summed E-state index contributed by atoms with van der Waals surface area (Å²) < 4.78 is 43.1. The third kappa shape index (κ3) is 8.03. The molecule has 0 aliphatic heterocycles. The van der Waals surface area contributed by atoms with E-state index >= 15 is 0 Å². The highest BCUT2D eigenvalue weighted by Gasteiger charge is 2.27. The molecule has 0 amide bonds. The number of hydrogen-bond donors (Lipinski definition) is 2.